The predicted octanol–water partition coefficient (Wildman–Crippen LogP) is 1.46. The van der Waals surface area contributed by atoms with Crippen LogP contribution in [0.3, 0.4) is 0 Å². The maximum absolute atomic E-state index is 11.0. The lowest BCUT2D eigenvalue weighted by Gasteiger charge is -2.02. The van der Waals surface area contributed by atoms with E-state index in [4.69, 9.17) is 4.74 Å². The number of hydrogen-bond acceptors (Lipinski definition) is 4. The molecule has 1 aromatic rings. The van der Waals surface area contributed by atoms with E-state index >= 15 is 0 Å². The molecule has 0 unspecified atom stereocenters. The van der Waals surface area contributed by atoms with Crippen molar-refractivity contribution < 1.29 is 19.4 Å². The molecule has 0 spiro atoms. The molecule has 0 aliphatic carbocycles. The first-order chi connectivity index (χ1) is 6.74. The van der Waals surface area contributed by atoms with Crippen LogP contribution in [-0.2, 0) is 9.53 Å². The van der Waals surface area contributed by atoms with Crippen LogP contribution >= 0.6 is 0 Å². The first-order valence-corrected chi connectivity index (χ1v) is 3.93. The molecule has 4 heteroatoms. The number of carbonyl (C=O) groups excluding carboxylic acids is 1. The number of ether oxygens (including phenoxy) is 2. The lowest BCUT2D eigenvalue weighted by atomic mass is 10.3. The zero-order valence-electron chi connectivity index (χ0n) is 7.64. The normalized spacial score (nSPS) is 10.1. The van der Waals surface area contributed by atoms with Gasteiger partial charge in [0.15, 0.2) is 11.5 Å². The molecule has 0 saturated carbocycles. The Kier molecular flexibility index (Phi) is 3.55. The van der Waals surface area contributed by atoms with Crippen LogP contribution in [0.5, 0.6) is 11.5 Å². The third-order valence-corrected chi connectivity index (χ3v) is 1.42. The standard InChI is InChI=1S/C10H10O4/c1-13-7-6-10(12)14-9-5-3-2-4-8(9)11/h2-7,11H,1H3. The van der Waals surface area contributed by atoms with E-state index in [0.29, 0.717) is 0 Å². The van der Waals surface area contributed by atoms with Gasteiger partial charge in [-0.15, -0.1) is 0 Å². The van der Waals surface area contributed by atoms with E-state index < -0.39 is 5.97 Å². The highest BCUT2D eigenvalue weighted by Crippen LogP contribution is 2.24. The van der Waals surface area contributed by atoms with Crippen LogP contribution in [0.25, 0.3) is 0 Å². The second-order valence-corrected chi connectivity index (χ2v) is 2.43. The van der Waals surface area contributed by atoms with Gasteiger partial charge in [0.1, 0.15) is 0 Å². The summed E-state index contributed by atoms with van der Waals surface area (Å²) < 4.78 is 9.33. The SMILES string of the molecule is COC=CC(=O)Oc1ccccc1O. The fraction of sp³-hybridized carbons (Fsp3) is 0.100. The molecule has 14 heavy (non-hydrogen) atoms. The summed E-state index contributed by atoms with van der Waals surface area (Å²) in [6.45, 7) is 0. The van der Waals surface area contributed by atoms with Gasteiger partial charge in [0.2, 0.25) is 0 Å². The molecule has 0 aliphatic heterocycles. The molecule has 0 radical (unpaired) electrons. The second kappa shape index (κ2) is 4.91. The quantitative estimate of drug-likeness (QED) is 0.342. The Balaban J connectivity index is 2.65. The Labute approximate surface area is 81.4 Å². The highest BCUT2D eigenvalue weighted by atomic mass is 16.5. The minimum Gasteiger partial charge on any atom is -0.504 e. The van der Waals surface area contributed by atoms with Crippen LogP contribution in [0.2, 0.25) is 0 Å². The number of phenols is 1. The molecule has 0 bridgehead atoms. The topological polar surface area (TPSA) is 55.8 Å². The second-order valence-electron chi connectivity index (χ2n) is 2.43. The van der Waals surface area contributed by atoms with Crippen molar-refractivity contribution in [3.05, 3.63) is 36.6 Å². The Bertz CT molecular complexity index is 344. The first-order valence-electron chi connectivity index (χ1n) is 3.93. The summed E-state index contributed by atoms with van der Waals surface area (Å²) in [5, 5.41) is 9.25. The number of para-hydroxylation sites is 2. The van der Waals surface area contributed by atoms with E-state index in [1.807, 2.05) is 0 Å². The van der Waals surface area contributed by atoms with Crippen molar-refractivity contribution in [2.45, 2.75) is 0 Å². The summed E-state index contributed by atoms with van der Waals surface area (Å²) in [5.41, 5.74) is 0. The van der Waals surface area contributed by atoms with Gasteiger partial charge in [-0.1, -0.05) is 12.1 Å². The van der Waals surface area contributed by atoms with Crippen LogP contribution in [-0.4, -0.2) is 18.2 Å². The molecular formula is C10H10O4. The molecule has 74 valence electrons. The monoisotopic (exact) mass is 194 g/mol. The average Bonchev–Trinajstić information content (AvgIpc) is 2.18. The van der Waals surface area contributed by atoms with Crippen molar-refractivity contribution in [2.24, 2.45) is 0 Å². The molecule has 1 aromatic carbocycles. The number of carbonyl (C=O) groups is 1. The molecule has 1 rings (SSSR count). The summed E-state index contributed by atoms with van der Waals surface area (Å²) in [7, 11) is 1.42. The van der Waals surface area contributed by atoms with E-state index in [1.54, 1.807) is 12.1 Å². The van der Waals surface area contributed by atoms with Crippen LogP contribution in [0, 0.1) is 0 Å². The molecule has 1 N–H and O–H groups in total. The molecule has 0 aromatic heterocycles. The Morgan fingerprint density at radius 2 is 2.14 bits per heavy atom. The van der Waals surface area contributed by atoms with Gasteiger partial charge in [0.25, 0.3) is 0 Å². The molecule has 0 saturated heterocycles. The van der Waals surface area contributed by atoms with Crippen LogP contribution in [0.15, 0.2) is 36.6 Å². The molecular weight excluding hydrogens is 184 g/mol. The molecule has 0 fully saturated rings. The van der Waals surface area contributed by atoms with Crippen molar-refractivity contribution in [3.8, 4) is 11.5 Å². The number of hydrogen-bond donors (Lipinski definition) is 1. The van der Waals surface area contributed by atoms with Gasteiger partial charge in [-0.3, -0.25) is 0 Å². The van der Waals surface area contributed by atoms with Crippen molar-refractivity contribution in [1.82, 2.24) is 0 Å². The minimum absolute atomic E-state index is 0.0772. The number of benzene rings is 1. The Hall–Kier alpha value is -1.97. The van der Waals surface area contributed by atoms with Gasteiger partial charge in [-0.2, -0.15) is 0 Å². The number of aromatic hydroxyl groups is 1. The van der Waals surface area contributed by atoms with Gasteiger partial charge in [0.05, 0.1) is 19.4 Å². The molecule has 0 atom stereocenters. The van der Waals surface area contributed by atoms with Crippen LogP contribution in [0.1, 0.15) is 0 Å². The van der Waals surface area contributed by atoms with Gasteiger partial charge in [0, 0.05) is 0 Å². The number of methoxy groups -OCH3 is 1. The maximum Gasteiger partial charge on any atom is 0.339 e. The third-order valence-electron chi connectivity index (χ3n) is 1.42. The smallest absolute Gasteiger partial charge is 0.339 e. The summed E-state index contributed by atoms with van der Waals surface area (Å²) >= 11 is 0. The molecule has 0 aliphatic rings. The van der Waals surface area contributed by atoms with Gasteiger partial charge in [-0.05, 0) is 12.1 Å². The van der Waals surface area contributed by atoms with E-state index in [9.17, 15) is 9.90 Å². The molecule has 0 amide bonds. The highest BCUT2D eigenvalue weighted by Gasteiger charge is 2.04. The van der Waals surface area contributed by atoms with Crippen molar-refractivity contribution >= 4 is 5.97 Å². The molecule has 4 nitrogen and oxygen atoms in total. The summed E-state index contributed by atoms with van der Waals surface area (Å²) in [6, 6.07) is 6.22. The van der Waals surface area contributed by atoms with E-state index in [0.717, 1.165) is 6.08 Å². The first kappa shape index (κ1) is 10.1. The minimum atomic E-state index is -0.603. The Morgan fingerprint density at radius 3 is 2.79 bits per heavy atom. The summed E-state index contributed by atoms with van der Waals surface area (Å²) in [4.78, 5) is 11.0. The van der Waals surface area contributed by atoms with Crippen molar-refractivity contribution in [1.29, 1.82) is 0 Å². The van der Waals surface area contributed by atoms with E-state index in [2.05, 4.69) is 4.74 Å². The van der Waals surface area contributed by atoms with Gasteiger partial charge < -0.3 is 14.6 Å². The fourth-order valence-corrected chi connectivity index (χ4v) is 0.809. The summed E-state index contributed by atoms with van der Waals surface area (Å²) in [6.07, 6.45) is 2.31. The van der Waals surface area contributed by atoms with Crippen molar-refractivity contribution in [2.75, 3.05) is 7.11 Å². The average molecular weight is 194 g/mol. The van der Waals surface area contributed by atoms with Crippen LogP contribution in [0.4, 0.5) is 0 Å². The number of rotatable bonds is 3. The summed E-state index contributed by atoms with van der Waals surface area (Å²) in [5.74, 6) is -0.557. The number of esters is 1. The maximum atomic E-state index is 11.0. The van der Waals surface area contributed by atoms with Gasteiger partial charge >= 0.3 is 5.97 Å². The van der Waals surface area contributed by atoms with E-state index in [-0.39, 0.29) is 11.5 Å². The largest absolute Gasteiger partial charge is 0.504 e. The lowest BCUT2D eigenvalue weighted by molar-refractivity contribution is -0.129. The highest BCUT2D eigenvalue weighted by molar-refractivity contribution is 5.84. The Morgan fingerprint density at radius 1 is 1.43 bits per heavy atom. The lowest BCUT2D eigenvalue weighted by Crippen LogP contribution is -2.03. The zero-order valence-corrected chi connectivity index (χ0v) is 7.64. The van der Waals surface area contributed by atoms with Crippen LogP contribution < -0.4 is 4.74 Å². The molecule has 0 heterocycles. The predicted molar refractivity (Wildman–Crippen MR) is 49.9 cm³/mol. The van der Waals surface area contributed by atoms with Crippen molar-refractivity contribution in [3.63, 3.8) is 0 Å². The fourth-order valence-electron chi connectivity index (χ4n) is 0.809. The third kappa shape index (κ3) is 2.82. The van der Waals surface area contributed by atoms with Gasteiger partial charge in [-0.25, -0.2) is 4.79 Å². The number of phenolic OH excluding ortho intramolecular Hbond substituents is 1. The zero-order chi connectivity index (χ0) is 10.4. The van der Waals surface area contributed by atoms with E-state index in [1.165, 1.54) is 25.5 Å².